The van der Waals surface area contributed by atoms with Gasteiger partial charge in [0.2, 0.25) is 0 Å². The number of allylic oxidation sites excluding steroid dienone is 1. The summed E-state index contributed by atoms with van der Waals surface area (Å²) in [5.41, 5.74) is 3.56. The lowest BCUT2D eigenvalue weighted by Crippen LogP contribution is -2.10. The maximum absolute atomic E-state index is 3.94. The van der Waals surface area contributed by atoms with Crippen LogP contribution in [0.5, 0.6) is 0 Å². The first-order valence-corrected chi connectivity index (χ1v) is 4.05. The Balaban J connectivity index is 0.00000144. The molecule has 1 aromatic carbocycles. The molecule has 0 saturated carbocycles. The van der Waals surface area contributed by atoms with E-state index >= 15 is 0 Å². The van der Waals surface area contributed by atoms with Crippen LogP contribution < -0.4 is 4.90 Å². The van der Waals surface area contributed by atoms with Crippen molar-refractivity contribution >= 4 is 11.3 Å². The molecule has 13 heavy (non-hydrogen) atoms. The van der Waals surface area contributed by atoms with Crippen LogP contribution in [0, 0.1) is 0 Å². The number of hydrogen-bond acceptors (Lipinski definition) is 1. The second kappa shape index (κ2) is 4.70. The first kappa shape index (κ1) is 11.8. The smallest absolute Gasteiger partial charge is 0.0437 e. The minimum absolute atomic E-state index is 0. The van der Waals surface area contributed by atoms with Crippen molar-refractivity contribution < 1.29 is 0 Å². The fraction of sp³-hybridized carbons (Fsp3) is 0.333. The molecule has 1 aromatic rings. The van der Waals surface area contributed by atoms with Gasteiger partial charge < -0.3 is 4.90 Å². The summed E-state index contributed by atoms with van der Waals surface area (Å²) in [6, 6.07) is 8.28. The Kier molecular flexibility index (Phi) is 4.26. The lowest BCUT2D eigenvalue weighted by molar-refractivity contribution is 1.13. The molecule has 0 heterocycles. The van der Waals surface area contributed by atoms with Crippen LogP contribution >= 0.6 is 0 Å². The average Bonchev–Trinajstić information content (AvgIpc) is 2.04. The van der Waals surface area contributed by atoms with E-state index in [-0.39, 0.29) is 7.43 Å². The van der Waals surface area contributed by atoms with E-state index in [1.165, 1.54) is 11.3 Å². The van der Waals surface area contributed by atoms with Crippen LogP contribution in [0.4, 0.5) is 5.69 Å². The van der Waals surface area contributed by atoms with Gasteiger partial charge in [-0.25, -0.2) is 0 Å². The summed E-state index contributed by atoms with van der Waals surface area (Å²) in [7, 11) is 4.09. The van der Waals surface area contributed by atoms with Crippen LogP contribution in [0.2, 0.25) is 0 Å². The van der Waals surface area contributed by atoms with Gasteiger partial charge in [-0.3, -0.25) is 0 Å². The van der Waals surface area contributed by atoms with Crippen molar-refractivity contribution in [3.63, 3.8) is 0 Å². The molecular weight excluding hydrogens is 158 g/mol. The molecule has 1 nitrogen and oxygen atoms in total. The fourth-order valence-electron chi connectivity index (χ4n) is 1.22. The van der Waals surface area contributed by atoms with Gasteiger partial charge in [-0.15, -0.1) is 0 Å². The molecule has 1 heteroatoms. The van der Waals surface area contributed by atoms with E-state index in [1.54, 1.807) is 0 Å². The zero-order valence-electron chi connectivity index (χ0n) is 7.96. The van der Waals surface area contributed by atoms with Crippen molar-refractivity contribution in [1.82, 2.24) is 0 Å². The van der Waals surface area contributed by atoms with E-state index in [9.17, 15) is 0 Å². The molecule has 0 aliphatic rings. The summed E-state index contributed by atoms with van der Waals surface area (Å²) in [5, 5.41) is 0. The predicted molar refractivity (Wildman–Crippen MR) is 62.2 cm³/mol. The van der Waals surface area contributed by atoms with Crippen molar-refractivity contribution in [3.8, 4) is 0 Å². The molecule has 0 aliphatic carbocycles. The molecule has 0 saturated heterocycles. The van der Waals surface area contributed by atoms with Crippen LogP contribution in [0.15, 0.2) is 30.8 Å². The van der Waals surface area contributed by atoms with Gasteiger partial charge in [0.1, 0.15) is 0 Å². The minimum Gasteiger partial charge on any atom is -0.377 e. The third-order valence-corrected chi connectivity index (χ3v) is 1.85. The Morgan fingerprint density at radius 2 is 1.77 bits per heavy atom. The summed E-state index contributed by atoms with van der Waals surface area (Å²) in [6.45, 7) is 5.97. The molecule has 1 rings (SSSR count). The highest BCUT2D eigenvalue weighted by atomic mass is 15.1. The Morgan fingerprint density at radius 3 is 2.15 bits per heavy atom. The van der Waals surface area contributed by atoms with Crippen molar-refractivity contribution in [2.45, 2.75) is 14.4 Å². The molecule has 0 N–H and O–H groups in total. The Hall–Kier alpha value is -1.24. The minimum atomic E-state index is 0. The van der Waals surface area contributed by atoms with E-state index < -0.39 is 0 Å². The fourth-order valence-corrected chi connectivity index (χ4v) is 1.22. The van der Waals surface area contributed by atoms with Crippen LogP contribution in [-0.2, 0) is 0 Å². The number of nitrogens with zero attached hydrogens (tertiary/aromatic N) is 1. The normalized spacial score (nSPS) is 8.85. The molecular formula is C12H19N. The lowest BCUT2D eigenvalue weighted by atomic mass is 10.1. The number of para-hydroxylation sites is 1. The van der Waals surface area contributed by atoms with E-state index in [0.717, 1.165) is 5.57 Å². The number of anilines is 1. The molecule has 0 fully saturated rings. The molecule has 0 bridgehead atoms. The second-order valence-electron chi connectivity index (χ2n) is 3.19. The summed E-state index contributed by atoms with van der Waals surface area (Å²) >= 11 is 0. The number of benzene rings is 1. The molecule has 0 aliphatic heterocycles. The quantitative estimate of drug-likeness (QED) is 0.669. The van der Waals surface area contributed by atoms with Crippen molar-refractivity contribution in [2.75, 3.05) is 19.0 Å². The zero-order chi connectivity index (χ0) is 9.14. The highest BCUT2D eigenvalue weighted by Gasteiger charge is 2.02. The van der Waals surface area contributed by atoms with E-state index in [2.05, 4.69) is 23.6 Å². The second-order valence-corrected chi connectivity index (χ2v) is 3.19. The molecule has 0 spiro atoms. The first-order valence-electron chi connectivity index (χ1n) is 4.05. The first-order chi connectivity index (χ1) is 5.63. The maximum Gasteiger partial charge on any atom is 0.0437 e. The van der Waals surface area contributed by atoms with E-state index in [1.807, 2.05) is 33.2 Å². The standard InChI is InChI=1S/C11H15N.CH4/c1-9(2)10-7-5-6-8-11(10)12(3)4;/h5-8H,1H2,2-4H3;1H4. The molecule has 0 unspecified atom stereocenters. The summed E-state index contributed by atoms with van der Waals surface area (Å²) in [4.78, 5) is 2.10. The van der Waals surface area contributed by atoms with Crippen LogP contribution in [0.25, 0.3) is 5.57 Å². The van der Waals surface area contributed by atoms with Crippen LogP contribution in [0.1, 0.15) is 19.9 Å². The van der Waals surface area contributed by atoms with Gasteiger partial charge in [-0.1, -0.05) is 32.2 Å². The molecule has 0 amide bonds. The summed E-state index contributed by atoms with van der Waals surface area (Å²) in [6.07, 6.45) is 0. The SMILES string of the molecule is C.C=C(C)c1ccccc1N(C)C. The van der Waals surface area contributed by atoms with Gasteiger partial charge in [-0.2, -0.15) is 0 Å². The highest BCUT2D eigenvalue weighted by Crippen LogP contribution is 2.23. The van der Waals surface area contributed by atoms with Crippen molar-refractivity contribution in [3.05, 3.63) is 36.4 Å². The number of rotatable bonds is 2. The summed E-state index contributed by atoms with van der Waals surface area (Å²) in [5.74, 6) is 0. The van der Waals surface area contributed by atoms with Crippen LogP contribution in [0.3, 0.4) is 0 Å². The largest absolute Gasteiger partial charge is 0.377 e. The number of hydrogen-bond donors (Lipinski definition) is 0. The Labute approximate surface area is 81.7 Å². The predicted octanol–water partition coefficient (Wildman–Crippen LogP) is 3.42. The maximum atomic E-state index is 3.94. The topological polar surface area (TPSA) is 3.24 Å². The lowest BCUT2D eigenvalue weighted by Gasteiger charge is -2.16. The highest BCUT2D eigenvalue weighted by molar-refractivity contribution is 5.74. The van der Waals surface area contributed by atoms with Gasteiger partial charge in [0, 0.05) is 25.3 Å². The molecule has 0 atom stereocenters. The average molecular weight is 177 g/mol. The van der Waals surface area contributed by atoms with Gasteiger partial charge in [0.05, 0.1) is 0 Å². The molecule has 72 valence electrons. The van der Waals surface area contributed by atoms with E-state index in [0.29, 0.717) is 0 Å². The Morgan fingerprint density at radius 1 is 1.23 bits per heavy atom. The third kappa shape index (κ3) is 2.62. The van der Waals surface area contributed by atoms with Gasteiger partial charge in [0.15, 0.2) is 0 Å². The van der Waals surface area contributed by atoms with Gasteiger partial charge in [0.25, 0.3) is 0 Å². The Bertz CT molecular complexity index is 287. The zero-order valence-corrected chi connectivity index (χ0v) is 7.96. The van der Waals surface area contributed by atoms with Crippen LogP contribution in [-0.4, -0.2) is 14.1 Å². The van der Waals surface area contributed by atoms with Gasteiger partial charge >= 0.3 is 0 Å². The monoisotopic (exact) mass is 177 g/mol. The molecule has 0 aromatic heterocycles. The van der Waals surface area contributed by atoms with Gasteiger partial charge in [-0.05, 0) is 18.6 Å². The van der Waals surface area contributed by atoms with E-state index in [4.69, 9.17) is 0 Å². The molecule has 0 radical (unpaired) electrons. The van der Waals surface area contributed by atoms with Crippen molar-refractivity contribution in [1.29, 1.82) is 0 Å². The summed E-state index contributed by atoms with van der Waals surface area (Å²) < 4.78 is 0. The third-order valence-electron chi connectivity index (χ3n) is 1.85. The van der Waals surface area contributed by atoms with Crippen molar-refractivity contribution in [2.24, 2.45) is 0 Å².